The van der Waals surface area contributed by atoms with Crippen LogP contribution in [0.2, 0.25) is 0 Å². The first kappa shape index (κ1) is 15.4. The van der Waals surface area contributed by atoms with Crippen LogP contribution in [-0.2, 0) is 6.18 Å². The van der Waals surface area contributed by atoms with E-state index in [0.717, 1.165) is 16.5 Å². The summed E-state index contributed by atoms with van der Waals surface area (Å²) in [7, 11) is 0. The zero-order valence-corrected chi connectivity index (χ0v) is 12.0. The minimum absolute atomic E-state index is 0.296. The van der Waals surface area contributed by atoms with Gasteiger partial charge in [0.15, 0.2) is 0 Å². The van der Waals surface area contributed by atoms with Gasteiger partial charge in [0.2, 0.25) is 0 Å². The molecule has 2 nitrogen and oxygen atoms in total. The molecule has 0 radical (unpaired) electrons. The second-order valence-electron chi connectivity index (χ2n) is 4.53. The standard InChI is InChI=1S/C15H13F3N2S/c1-9-2-4-10(5-3-9)21-11-6-7-12(14(19)20)13(8-11)15(16,17)18/h2-8H,1H3,(H3,19,20). The highest BCUT2D eigenvalue weighted by Crippen LogP contribution is 2.36. The van der Waals surface area contributed by atoms with Crippen LogP contribution in [0.3, 0.4) is 0 Å². The van der Waals surface area contributed by atoms with Crippen LogP contribution < -0.4 is 5.73 Å². The first-order valence-electron chi connectivity index (χ1n) is 6.07. The summed E-state index contributed by atoms with van der Waals surface area (Å²) in [5.74, 6) is -0.589. The first-order valence-corrected chi connectivity index (χ1v) is 6.89. The van der Waals surface area contributed by atoms with Crippen LogP contribution in [0, 0.1) is 12.3 Å². The van der Waals surface area contributed by atoms with Gasteiger partial charge in [-0.05, 0) is 37.3 Å². The topological polar surface area (TPSA) is 49.9 Å². The number of hydrogen-bond donors (Lipinski definition) is 2. The Balaban J connectivity index is 2.38. The smallest absolute Gasteiger partial charge is 0.384 e. The van der Waals surface area contributed by atoms with Crippen LogP contribution in [-0.4, -0.2) is 5.84 Å². The lowest BCUT2D eigenvalue weighted by Gasteiger charge is -2.13. The number of halogens is 3. The normalized spacial score (nSPS) is 11.4. The summed E-state index contributed by atoms with van der Waals surface area (Å²) in [4.78, 5) is 1.31. The van der Waals surface area contributed by atoms with Crippen molar-refractivity contribution in [3.63, 3.8) is 0 Å². The molecule has 2 aromatic rings. The third kappa shape index (κ3) is 3.78. The summed E-state index contributed by atoms with van der Waals surface area (Å²) >= 11 is 1.24. The van der Waals surface area contributed by atoms with E-state index in [0.29, 0.717) is 4.90 Å². The highest BCUT2D eigenvalue weighted by atomic mass is 32.2. The minimum atomic E-state index is -4.54. The molecule has 0 aliphatic heterocycles. The molecular weight excluding hydrogens is 297 g/mol. The van der Waals surface area contributed by atoms with Crippen molar-refractivity contribution in [2.45, 2.75) is 22.9 Å². The fraction of sp³-hybridized carbons (Fsp3) is 0.133. The van der Waals surface area contributed by atoms with Crippen molar-refractivity contribution in [1.29, 1.82) is 5.41 Å². The van der Waals surface area contributed by atoms with Gasteiger partial charge in [0.1, 0.15) is 5.84 Å². The number of nitrogens with two attached hydrogens (primary N) is 1. The van der Waals surface area contributed by atoms with Gasteiger partial charge in [0.25, 0.3) is 0 Å². The number of hydrogen-bond acceptors (Lipinski definition) is 2. The molecule has 0 aliphatic carbocycles. The summed E-state index contributed by atoms with van der Waals surface area (Å²) in [6.07, 6.45) is -4.54. The molecule has 0 aliphatic rings. The van der Waals surface area contributed by atoms with Crippen molar-refractivity contribution in [3.05, 3.63) is 59.2 Å². The van der Waals surface area contributed by atoms with Crippen LogP contribution in [0.4, 0.5) is 13.2 Å². The molecule has 6 heteroatoms. The fourth-order valence-corrected chi connectivity index (χ4v) is 2.66. The highest BCUT2D eigenvalue weighted by molar-refractivity contribution is 7.99. The maximum atomic E-state index is 13.0. The molecule has 2 aromatic carbocycles. The number of alkyl halides is 3. The zero-order chi connectivity index (χ0) is 15.6. The van der Waals surface area contributed by atoms with Crippen LogP contribution in [0.5, 0.6) is 0 Å². The van der Waals surface area contributed by atoms with Crippen molar-refractivity contribution >= 4 is 17.6 Å². The van der Waals surface area contributed by atoms with Gasteiger partial charge in [-0.3, -0.25) is 5.41 Å². The Hall–Kier alpha value is -1.95. The highest BCUT2D eigenvalue weighted by Gasteiger charge is 2.34. The van der Waals surface area contributed by atoms with Crippen molar-refractivity contribution < 1.29 is 13.2 Å². The third-order valence-electron chi connectivity index (χ3n) is 2.84. The van der Waals surface area contributed by atoms with Crippen LogP contribution in [0.1, 0.15) is 16.7 Å². The van der Waals surface area contributed by atoms with E-state index in [1.807, 2.05) is 31.2 Å². The Bertz CT molecular complexity index is 664. The second kappa shape index (κ2) is 5.81. The van der Waals surface area contributed by atoms with E-state index in [4.69, 9.17) is 11.1 Å². The molecule has 0 fully saturated rings. The second-order valence-corrected chi connectivity index (χ2v) is 5.68. The number of aryl methyl sites for hydroxylation is 1. The molecule has 110 valence electrons. The lowest BCUT2D eigenvalue weighted by Crippen LogP contribution is -2.18. The van der Waals surface area contributed by atoms with Gasteiger partial charge in [-0.1, -0.05) is 29.5 Å². The minimum Gasteiger partial charge on any atom is -0.384 e. The molecule has 0 bridgehead atoms. The summed E-state index contributed by atoms with van der Waals surface area (Å²) in [5.41, 5.74) is 5.11. The zero-order valence-electron chi connectivity index (χ0n) is 11.2. The fourth-order valence-electron chi connectivity index (χ4n) is 1.80. The molecule has 0 aromatic heterocycles. The van der Waals surface area contributed by atoms with Gasteiger partial charge in [-0.15, -0.1) is 0 Å². The number of nitrogens with one attached hydrogen (secondary N) is 1. The quantitative estimate of drug-likeness (QED) is 0.650. The molecule has 0 spiro atoms. The maximum absolute atomic E-state index is 13.0. The molecule has 21 heavy (non-hydrogen) atoms. The van der Waals surface area contributed by atoms with E-state index in [9.17, 15) is 13.2 Å². The van der Waals surface area contributed by atoms with Crippen molar-refractivity contribution in [2.24, 2.45) is 5.73 Å². The Morgan fingerprint density at radius 3 is 2.14 bits per heavy atom. The number of rotatable bonds is 3. The largest absolute Gasteiger partial charge is 0.417 e. The van der Waals surface area contributed by atoms with E-state index in [2.05, 4.69) is 0 Å². The van der Waals surface area contributed by atoms with Crippen LogP contribution >= 0.6 is 11.8 Å². The molecule has 3 N–H and O–H groups in total. The van der Waals surface area contributed by atoms with Crippen LogP contribution in [0.15, 0.2) is 52.3 Å². The van der Waals surface area contributed by atoms with E-state index in [1.54, 1.807) is 0 Å². The Labute approximate surface area is 124 Å². The van der Waals surface area contributed by atoms with Crippen LogP contribution in [0.25, 0.3) is 0 Å². The van der Waals surface area contributed by atoms with Gasteiger partial charge >= 0.3 is 6.18 Å². The lowest BCUT2D eigenvalue weighted by molar-refractivity contribution is -0.137. The summed E-state index contributed by atoms with van der Waals surface area (Å²) in [6.45, 7) is 1.94. The van der Waals surface area contributed by atoms with Crippen molar-refractivity contribution in [3.8, 4) is 0 Å². The summed E-state index contributed by atoms with van der Waals surface area (Å²) < 4.78 is 39.1. The monoisotopic (exact) mass is 310 g/mol. The average molecular weight is 310 g/mol. The van der Waals surface area contributed by atoms with Gasteiger partial charge in [0, 0.05) is 15.4 Å². The average Bonchev–Trinajstić information content (AvgIpc) is 2.40. The summed E-state index contributed by atoms with van der Waals surface area (Å²) in [6, 6.07) is 11.3. The van der Waals surface area contributed by atoms with E-state index in [-0.39, 0.29) is 5.56 Å². The predicted molar refractivity (Wildman–Crippen MR) is 77.8 cm³/mol. The van der Waals surface area contributed by atoms with Crippen molar-refractivity contribution in [1.82, 2.24) is 0 Å². The van der Waals surface area contributed by atoms with Crippen molar-refractivity contribution in [2.75, 3.05) is 0 Å². The number of nitrogen functional groups attached to an aromatic ring is 1. The van der Waals surface area contributed by atoms with Gasteiger partial charge in [0.05, 0.1) is 5.56 Å². The SMILES string of the molecule is Cc1ccc(Sc2ccc(C(=N)N)c(C(F)(F)F)c2)cc1. The Morgan fingerprint density at radius 2 is 1.62 bits per heavy atom. The van der Waals surface area contributed by atoms with Gasteiger partial charge in [-0.25, -0.2) is 0 Å². The molecule has 0 amide bonds. The first-order chi connectivity index (χ1) is 9.77. The summed E-state index contributed by atoms with van der Waals surface area (Å²) in [5, 5.41) is 7.24. The predicted octanol–water partition coefficient (Wildman–Crippen LogP) is 4.45. The molecule has 0 atom stereocenters. The van der Waals surface area contributed by atoms with E-state index < -0.39 is 17.6 Å². The lowest BCUT2D eigenvalue weighted by atomic mass is 10.1. The Morgan fingerprint density at radius 1 is 1.05 bits per heavy atom. The van der Waals surface area contributed by atoms with E-state index in [1.165, 1.54) is 23.9 Å². The Kier molecular flexibility index (Phi) is 4.27. The van der Waals surface area contributed by atoms with Gasteiger partial charge < -0.3 is 5.73 Å². The van der Waals surface area contributed by atoms with E-state index >= 15 is 0 Å². The molecule has 0 saturated carbocycles. The molecule has 0 unspecified atom stereocenters. The molecule has 2 rings (SSSR count). The number of benzene rings is 2. The maximum Gasteiger partial charge on any atom is 0.417 e. The molecule has 0 heterocycles. The molecule has 0 saturated heterocycles. The third-order valence-corrected chi connectivity index (χ3v) is 3.84. The molecular formula is C15H13F3N2S. The van der Waals surface area contributed by atoms with Gasteiger partial charge in [-0.2, -0.15) is 13.2 Å². The number of amidine groups is 1.